The van der Waals surface area contributed by atoms with Gasteiger partial charge in [-0.3, -0.25) is 0 Å². The molecule has 90 valence electrons. The highest BCUT2D eigenvalue weighted by atomic mass is 35.5. The highest BCUT2D eigenvalue weighted by Gasteiger charge is 2.27. The summed E-state index contributed by atoms with van der Waals surface area (Å²) in [5.41, 5.74) is 1.68. The van der Waals surface area contributed by atoms with E-state index in [1.807, 2.05) is 12.1 Å². The molecule has 1 aliphatic rings. The van der Waals surface area contributed by atoms with Gasteiger partial charge in [-0.15, -0.1) is 0 Å². The molecular weight excluding hydrogens is 232 g/mol. The predicted octanol–water partition coefficient (Wildman–Crippen LogP) is 3.35. The first-order valence-electron chi connectivity index (χ1n) is 6.10. The molecule has 3 heteroatoms. The first-order chi connectivity index (χ1) is 8.20. The van der Waals surface area contributed by atoms with E-state index in [9.17, 15) is 0 Å². The Morgan fingerprint density at radius 3 is 2.88 bits per heavy atom. The molecule has 2 rings (SSSR count). The minimum Gasteiger partial charge on any atom is -0.312 e. The van der Waals surface area contributed by atoms with Crippen molar-refractivity contribution in [2.45, 2.75) is 26.3 Å². The van der Waals surface area contributed by atoms with E-state index in [1.54, 1.807) is 6.07 Å². The summed E-state index contributed by atoms with van der Waals surface area (Å²) in [6.45, 7) is 4.12. The second-order valence-corrected chi connectivity index (χ2v) is 5.27. The van der Waals surface area contributed by atoms with Crippen molar-refractivity contribution in [2.75, 3.05) is 6.54 Å². The molecule has 1 aromatic rings. The first-order valence-corrected chi connectivity index (χ1v) is 6.47. The number of rotatable bonds is 5. The Kier molecular flexibility index (Phi) is 4.04. The number of nitriles is 1. The van der Waals surface area contributed by atoms with E-state index < -0.39 is 0 Å². The molecule has 0 spiro atoms. The quantitative estimate of drug-likeness (QED) is 0.868. The fraction of sp³-hybridized carbons (Fsp3) is 0.500. The van der Waals surface area contributed by atoms with Crippen LogP contribution in [0.4, 0.5) is 0 Å². The van der Waals surface area contributed by atoms with Crippen LogP contribution >= 0.6 is 11.6 Å². The van der Waals surface area contributed by atoms with Crippen molar-refractivity contribution in [3.05, 3.63) is 34.3 Å². The van der Waals surface area contributed by atoms with E-state index in [0.717, 1.165) is 30.5 Å². The molecule has 1 fully saturated rings. The van der Waals surface area contributed by atoms with Crippen LogP contribution in [0, 0.1) is 23.2 Å². The molecular formula is C14H17ClN2. The van der Waals surface area contributed by atoms with Gasteiger partial charge in [0.05, 0.1) is 11.6 Å². The molecule has 1 atom stereocenters. The topological polar surface area (TPSA) is 35.8 Å². The summed E-state index contributed by atoms with van der Waals surface area (Å²) in [4.78, 5) is 0. The maximum absolute atomic E-state index is 8.75. The summed E-state index contributed by atoms with van der Waals surface area (Å²) in [6, 6.07) is 7.55. The van der Waals surface area contributed by atoms with Crippen LogP contribution in [0.25, 0.3) is 0 Å². The largest absolute Gasteiger partial charge is 0.312 e. The van der Waals surface area contributed by atoms with Crippen molar-refractivity contribution in [3.8, 4) is 6.07 Å². The molecule has 0 aliphatic heterocycles. The number of hydrogen-bond acceptors (Lipinski definition) is 2. The van der Waals surface area contributed by atoms with Crippen molar-refractivity contribution in [1.29, 1.82) is 5.26 Å². The van der Waals surface area contributed by atoms with Crippen molar-refractivity contribution >= 4 is 11.6 Å². The Labute approximate surface area is 108 Å². The zero-order valence-electron chi connectivity index (χ0n) is 10.0. The molecule has 0 aromatic heterocycles. The maximum atomic E-state index is 8.75. The fourth-order valence-electron chi connectivity index (χ4n) is 2.03. The molecule has 1 aliphatic carbocycles. The van der Waals surface area contributed by atoms with E-state index in [1.165, 1.54) is 12.8 Å². The van der Waals surface area contributed by atoms with Crippen molar-refractivity contribution in [2.24, 2.45) is 11.8 Å². The smallest absolute Gasteiger partial charge is 0.0992 e. The molecule has 1 unspecified atom stereocenters. The molecule has 0 saturated heterocycles. The summed E-state index contributed by atoms with van der Waals surface area (Å²) < 4.78 is 0. The van der Waals surface area contributed by atoms with Gasteiger partial charge in [-0.25, -0.2) is 0 Å². The van der Waals surface area contributed by atoms with Crippen molar-refractivity contribution in [1.82, 2.24) is 5.32 Å². The third-order valence-electron chi connectivity index (χ3n) is 3.39. The van der Waals surface area contributed by atoms with Gasteiger partial charge in [0.25, 0.3) is 0 Å². The number of halogens is 1. The first kappa shape index (κ1) is 12.4. The van der Waals surface area contributed by atoms with E-state index in [0.29, 0.717) is 10.6 Å². The summed E-state index contributed by atoms with van der Waals surface area (Å²) >= 11 is 6.11. The van der Waals surface area contributed by atoms with Crippen LogP contribution in [0.15, 0.2) is 18.2 Å². The Morgan fingerprint density at radius 2 is 2.29 bits per heavy atom. The molecule has 0 heterocycles. The Bertz CT molecular complexity index is 432. The Balaban J connectivity index is 1.84. The summed E-state index contributed by atoms with van der Waals surface area (Å²) in [5.74, 6) is 1.69. The number of hydrogen-bond donors (Lipinski definition) is 1. The molecule has 1 aromatic carbocycles. The molecule has 2 nitrogen and oxygen atoms in total. The molecule has 0 radical (unpaired) electrons. The average Bonchev–Trinajstić information content (AvgIpc) is 3.15. The van der Waals surface area contributed by atoms with Crippen LogP contribution in [-0.4, -0.2) is 6.54 Å². The van der Waals surface area contributed by atoms with Gasteiger partial charge in [-0.2, -0.15) is 5.26 Å². The van der Waals surface area contributed by atoms with E-state index in [2.05, 4.69) is 18.3 Å². The average molecular weight is 249 g/mol. The van der Waals surface area contributed by atoms with Crippen LogP contribution in [0.5, 0.6) is 0 Å². The maximum Gasteiger partial charge on any atom is 0.0992 e. The molecule has 0 amide bonds. The second-order valence-electron chi connectivity index (χ2n) is 4.86. The molecule has 1 N–H and O–H groups in total. The summed E-state index contributed by atoms with van der Waals surface area (Å²) in [5, 5.41) is 12.9. The summed E-state index contributed by atoms with van der Waals surface area (Å²) in [6.07, 6.45) is 2.78. The van der Waals surface area contributed by atoms with Gasteiger partial charge in [0.15, 0.2) is 0 Å². The van der Waals surface area contributed by atoms with Crippen LogP contribution in [0.3, 0.4) is 0 Å². The lowest BCUT2D eigenvalue weighted by Crippen LogP contribution is -2.21. The predicted molar refractivity (Wildman–Crippen MR) is 69.8 cm³/mol. The third-order valence-corrected chi connectivity index (χ3v) is 3.74. The second kappa shape index (κ2) is 5.53. The van der Waals surface area contributed by atoms with Gasteiger partial charge in [0.1, 0.15) is 0 Å². The lowest BCUT2D eigenvalue weighted by atomic mass is 10.1. The molecule has 0 bridgehead atoms. The fourth-order valence-corrected chi connectivity index (χ4v) is 2.27. The van der Waals surface area contributed by atoms with Crippen molar-refractivity contribution in [3.63, 3.8) is 0 Å². The lowest BCUT2D eigenvalue weighted by Gasteiger charge is -2.12. The third kappa shape index (κ3) is 3.46. The Morgan fingerprint density at radius 1 is 1.53 bits per heavy atom. The van der Waals surface area contributed by atoms with Gasteiger partial charge >= 0.3 is 0 Å². The van der Waals surface area contributed by atoms with Crippen LogP contribution in [-0.2, 0) is 6.54 Å². The highest BCUT2D eigenvalue weighted by Crippen LogP contribution is 2.36. The zero-order chi connectivity index (χ0) is 12.3. The van der Waals surface area contributed by atoms with Gasteiger partial charge in [-0.05, 0) is 48.9 Å². The van der Waals surface area contributed by atoms with Crippen LogP contribution in [0.1, 0.15) is 30.9 Å². The number of nitrogens with zero attached hydrogens (tertiary/aromatic N) is 1. The van der Waals surface area contributed by atoms with Gasteiger partial charge in [0.2, 0.25) is 0 Å². The summed E-state index contributed by atoms with van der Waals surface area (Å²) in [7, 11) is 0. The van der Waals surface area contributed by atoms with Gasteiger partial charge in [-0.1, -0.05) is 24.6 Å². The standard InChI is InChI=1S/C14H17ClN2/c1-10(12-4-5-12)8-17-9-13-3-2-11(7-16)6-14(13)15/h2-3,6,10,12,17H,4-5,8-9H2,1H3. The molecule has 17 heavy (non-hydrogen) atoms. The van der Waals surface area contributed by atoms with Crippen molar-refractivity contribution < 1.29 is 0 Å². The monoisotopic (exact) mass is 248 g/mol. The van der Waals surface area contributed by atoms with E-state index in [4.69, 9.17) is 16.9 Å². The normalized spacial score (nSPS) is 16.5. The highest BCUT2D eigenvalue weighted by molar-refractivity contribution is 6.31. The van der Waals surface area contributed by atoms with Gasteiger partial charge < -0.3 is 5.32 Å². The van der Waals surface area contributed by atoms with Crippen LogP contribution in [0.2, 0.25) is 5.02 Å². The zero-order valence-corrected chi connectivity index (χ0v) is 10.8. The minimum atomic E-state index is 0.616. The lowest BCUT2D eigenvalue weighted by molar-refractivity contribution is 0.461. The van der Waals surface area contributed by atoms with E-state index in [-0.39, 0.29) is 0 Å². The van der Waals surface area contributed by atoms with Gasteiger partial charge in [0, 0.05) is 11.6 Å². The number of benzene rings is 1. The molecule has 1 saturated carbocycles. The van der Waals surface area contributed by atoms with E-state index >= 15 is 0 Å². The SMILES string of the molecule is CC(CNCc1ccc(C#N)cc1Cl)C1CC1. The number of nitrogens with one attached hydrogen (secondary N) is 1. The Hall–Kier alpha value is -1.04. The minimum absolute atomic E-state index is 0.616. The van der Waals surface area contributed by atoms with Crippen LogP contribution < -0.4 is 5.32 Å².